The molecule has 2 N–H and O–H groups in total. The molecule has 0 aliphatic heterocycles. The lowest BCUT2D eigenvalue weighted by Crippen LogP contribution is -2.35. The van der Waals surface area contributed by atoms with E-state index in [1.54, 1.807) is 12.1 Å². The van der Waals surface area contributed by atoms with E-state index in [0.29, 0.717) is 43.8 Å². The van der Waals surface area contributed by atoms with Crippen LogP contribution in [0, 0.1) is 23.6 Å². The third-order valence-corrected chi connectivity index (χ3v) is 5.43. The van der Waals surface area contributed by atoms with Crippen molar-refractivity contribution in [1.29, 1.82) is 0 Å². The number of carbonyl (C=O) groups excluding carboxylic acids is 1. The zero-order valence-electron chi connectivity index (χ0n) is 15.0. The summed E-state index contributed by atoms with van der Waals surface area (Å²) in [6, 6.07) is 4.49. The molecule has 0 saturated heterocycles. The molecule has 6 heteroatoms. The van der Waals surface area contributed by atoms with Crippen molar-refractivity contribution < 1.29 is 23.8 Å². The first-order chi connectivity index (χ1) is 12.4. The molecule has 142 valence electrons. The Kier molecular flexibility index (Phi) is 5.79. The van der Waals surface area contributed by atoms with Crippen LogP contribution in [0.1, 0.15) is 57.1 Å². The summed E-state index contributed by atoms with van der Waals surface area (Å²) in [5.74, 6) is -0.971. The van der Waals surface area contributed by atoms with Gasteiger partial charge in [-0.25, -0.2) is 4.39 Å². The van der Waals surface area contributed by atoms with Gasteiger partial charge in [-0.3, -0.25) is 9.59 Å². The maximum Gasteiger partial charge on any atom is 0.306 e. The van der Waals surface area contributed by atoms with Crippen molar-refractivity contribution in [2.45, 2.75) is 51.5 Å². The first-order valence-electron chi connectivity index (χ1n) is 9.39. The Hall–Kier alpha value is -2.11. The molecule has 0 spiro atoms. The average molecular weight is 363 g/mol. The Morgan fingerprint density at radius 1 is 1.19 bits per heavy atom. The summed E-state index contributed by atoms with van der Waals surface area (Å²) in [7, 11) is 0. The Morgan fingerprint density at radius 2 is 1.85 bits per heavy atom. The molecule has 1 aromatic carbocycles. The minimum atomic E-state index is -0.781. The van der Waals surface area contributed by atoms with E-state index in [9.17, 15) is 14.0 Å². The smallest absolute Gasteiger partial charge is 0.306 e. The molecule has 2 fully saturated rings. The van der Waals surface area contributed by atoms with Gasteiger partial charge in [-0.2, -0.15) is 0 Å². The predicted molar refractivity (Wildman–Crippen MR) is 94.3 cm³/mol. The fraction of sp³-hybridized carbons (Fsp3) is 0.600. The van der Waals surface area contributed by atoms with Gasteiger partial charge in [0.2, 0.25) is 5.91 Å². The van der Waals surface area contributed by atoms with E-state index in [1.165, 1.54) is 6.07 Å². The second-order valence-electron chi connectivity index (χ2n) is 7.56. The average Bonchev–Trinajstić information content (AvgIpc) is 3.45. The van der Waals surface area contributed by atoms with Gasteiger partial charge in [0, 0.05) is 5.92 Å². The number of nitrogens with one attached hydrogen (secondary N) is 1. The molecule has 1 aromatic rings. The molecule has 1 amide bonds. The largest absolute Gasteiger partial charge is 0.490 e. The fourth-order valence-corrected chi connectivity index (χ4v) is 3.41. The molecule has 0 heterocycles. The number of hydrogen-bond acceptors (Lipinski definition) is 3. The van der Waals surface area contributed by atoms with Crippen molar-refractivity contribution in [1.82, 2.24) is 5.32 Å². The molecular weight excluding hydrogens is 337 g/mol. The summed E-state index contributed by atoms with van der Waals surface area (Å²) in [6.07, 6.45) is 4.52. The van der Waals surface area contributed by atoms with E-state index < -0.39 is 11.8 Å². The van der Waals surface area contributed by atoms with Gasteiger partial charge in [-0.1, -0.05) is 6.07 Å². The number of carbonyl (C=O) groups is 2. The Bertz CT molecular complexity index is 666. The number of carboxylic acids is 1. The third kappa shape index (κ3) is 4.74. The van der Waals surface area contributed by atoms with E-state index in [1.807, 2.05) is 6.92 Å². The fourth-order valence-electron chi connectivity index (χ4n) is 3.41. The van der Waals surface area contributed by atoms with E-state index >= 15 is 0 Å². The zero-order chi connectivity index (χ0) is 18.7. The van der Waals surface area contributed by atoms with Crippen LogP contribution in [0.15, 0.2) is 18.2 Å². The lowest BCUT2D eigenvalue weighted by molar-refractivity contribution is -0.144. The predicted octanol–water partition coefficient (Wildman–Crippen LogP) is 3.68. The number of aliphatic carboxylic acids is 1. The van der Waals surface area contributed by atoms with Crippen molar-refractivity contribution in [3.63, 3.8) is 0 Å². The van der Waals surface area contributed by atoms with Crippen LogP contribution < -0.4 is 10.1 Å². The molecule has 0 radical (unpaired) electrons. The van der Waals surface area contributed by atoms with Crippen LogP contribution in [0.4, 0.5) is 4.39 Å². The van der Waals surface area contributed by atoms with Gasteiger partial charge in [-0.15, -0.1) is 0 Å². The molecule has 5 nitrogen and oxygen atoms in total. The second-order valence-corrected chi connectivity index (χ2v) is 7.56. The number of rotatable bonds is 7. The summed E-state index contributed by atoms with van der Waals surface area (Å²) in [6.45, 7) is 2.38. The Labute approximate surface area is 152 Å². The SMILES string of the molecule is CC(NC(=O)C1CCC(C(=O)O)CC1)c1ccc(OCC2CC2)c(F)c1. The molecule has 2 aliphatic carbocycles. The summed E-state index contributed by atoms with van der Waals surface area (Å²) in [5.41, 5.74) is 0.689. The third-order valence-electron chi connectivity index (χ3n) is 5.43. The van der Waals surface area contributed by atoms with Crippen LogP contribution in [-0.4, -0.2) is 23.6 Å². The topological polar surface area (TPSA) is 75.6 Å². The zero-order valence-corrected chi connectivity index (χ0v) is 15.0. The van der Waals surface area contributed by atoms with E-state index in [-0.39, 0.29) is 29.5 Å². The maximum absolute atomic E-state index is 14.2. The van der Waals surface area contributed by atoms with Crippen molar-refractivity contribution in [3.8, 4) is 5.75 Å². The molecule has 0 bridgehead atoms. The van der Waals surface area contributed by atoms with Crippen LogP contribution in [0.3, 0.4) is 0 Å². The first kappa shape index (κ1) is 18.7. The van der Waals surface area contributed by atoms with Crippen LogP contribution in [0.25, 0.3) is 0 Å². The van der Waals surface area contributed by atoms with Gasteiger partial charge in [-0.05, 0) is 69.1 Å². The molecule has 2 aliphatic rings. The number of halogens is 1. The van der Waals surface area contributed by atoms with Crippen molar-refractivity contribution in [2.75, 3.05) is 6.61 Å². The Balaban J connectivity index is 1.52. The minimum Gasteiger partial charge on any atom is -0.490 e. The lowest BCUT2D eigenvalue weighted by atomic mass is 9.81. The highest BCUT2D eigenvalue weighted by atomic mass is 19.1. The highest BCUT2D eigenvalue weighted by molar-refractivity contribution is 5.79. The van der Waals surface area contributed by atoms with Gasteiger partial charge in [0.15, 0.2) is 11.6 Å². The van der Waals surface area contributed by atoms with Crippen molar-refractivity contribution in [2.24, 2.45) is 17.8 Å². The van der Waals surface area contributed by atoms with E-state index in [2.05, 4.69) is 5.32 Å². The molecule has 26 heavy (non-hydrogen) atoms. The summed E-state index contributed by atoms with van der Waals surface area (Å²) >= 11 is 0. The first-order valence-corrected chi connectivity index (χ1v) is 9.39. The Morgan fingerprint density at radius 3 is 2.42 bits per heavy atom. The van der Waals surface area contributed by atoms with Gasteiger partial charge < -0.3 is 15.2 Å². The summed E-state index contributed by atoms with van der Waals surface area (Å²) < 4.78 is 19.7. The van der Waals surface area contributed by atoms with Gasteiger partial charge in [0.1, 0.15) is 0 Å². The number of hydrogen-bond donors (Lipinski definition) is 2. The second kappa shape index (κ2) is 8.06. The summed E-state index contributed by atoms with van der Waals surface area (Å²) in [4.78, 5) is 23.4. The monoisotopic (exact) mass is 363 g/mol. The number of carboxylic acid groups (broad SMARTS) is 1. The van der Waals surface area contributed by atoms with Crippen molar-refractivity contribution in [3.05, 3.63) is 29.6 Å². The molecule has 3 rings (SSSR count). The lowest BCUT2D eigenvalue weighted by Gasteiger charge is -2.26. The van der Waals surface area contributed by atoms with Crippen molar-refractivity contribution >= 4 is 11.9 Å². The van der Waals surface area contributed by atoms with Crippen LogP contribution in [-0.2, 0) is 9.59 Å². The van der Waals surface area contributed by atoms with Crippen LogP contribution in [0.5, 0.6) is 5.75 Å². The molecule has 1 atom stereocenters. The quantitative estimate of drug-likeness (QED) is 0.775. The van der Waals surface area contributed by atoms with Gasteiger partial charge >= 0.3 is 5.97 Å². The van der Waals surface area contributed by atoms with Gasteiger partial charge in [0.25, 0.3) is 0 Å². The minimum absolute atomic E-state index is 0.0872. The number of amides is 1. The maximum atomic E-state index is 14.2. The van der Waals surface area contributed by atoms with E-state index in [0.717, 1.165) is 12.8 Å². The molecular formula is C20H26FNO4. The normalized spacial score (nSPS) is 23.9. The molecule has 0 aromatic heterocycles. The van der Waals surface area contributed by atoms with Gasteiger partial charge in [0.05, 0.1) is 18.6 Å². The number of ether oxygens (including phenoxy) is 1. The van der Waals surface area contributed by atoms with Crippen LogP contribution in [0.2, 0.25) is 0 Å². The highest BCUT2D eigenvalue weighted by Gasteiger charge is 2.30. The summed E-state index contributed by atoms with van der Waals surface area (Å²) in [5, 5.41) is 12.0. The number of benzene rings is 1. The molecule has 2 saturated carbocycles. The van der Waals surface area contributed by atoms with E-state index in [4.69, 9.17) is 9.84 Å². The highest BCUT2D eigenvalue weighted by Crippen LogP contribution is 2.31. The van der Waals surface area contributed by atoms with Crippen LogP contribution >= 0.6 is 0 Å². The molecule has 1 unspecified atom stereocenters. The standard InChI is InChI=1S/C20H26FNO4/c1-12(22-19(23)14-4-6-15(7-5-14)20(24)25)16-8-9-18(17(21)10-16)26-11-13-2-3-13/h8-10,12-15H,2-7,11H2,1H3,(H,22,23)(H,24,25).